The molecule has 3 aliphatic rings. The zero-order chi connectivity index (χ0) is 37.3. The number of nitrogens with one attached hydrogen (secondary N) is 3. The van der Waals surface area contributed by atoms with Crippen molar-refractivity contribution in [1.82, 2.24) is 30.1 Å². The van der Waals surface area contributed by atoms with Gasteiger partial charge in [-0.15, -0.1) is 0 Å². The Labute approximate surface area is 308 Å². The molecule has 3 fully saturated rings. The predicted octanol–water partition coefficient (Wildman–Crippen LogP) is 5.47. The highest BCUT2D eigenvalue weighted by Crippen LogP contribution is 2.48. The Morgan fingerprint density at radius 3 is 2.09 bits per heavy atom. The number of benzene rings is 3. The summed E-state index contributed by atoms with van der Waals surface area (Å²) in [4.78, 5) is 54.7. The number of ether oxygens (including phenoxy) is 1. The molecule has 2 unspecified atom stereocenters. The van der Waals surface area contributed by atoms with Gasteiger partial charge in [-0.1, -0.05) is 53.6 Å². The molecule has 7 rings (SSSR count). The second-order valence-corrected chi connectivity index (χ2v) is 14.1. The molecule has 12 nitrogen and oxygen atoms in total. The third kappa shape index (κ3) is 8.62. The first-order valence-electron chi connectivity index (χ1n) is 17.1. The van der Waals surface area contributed by atoms with Gasteiger partial charge in [0.15, 0.2) is 6.61 Å². The molecule has 4 aromatic rings. The van der Waals surface area contributed by atoms with E-state index in [1.165, 1.54) is 0 Å². The molecular weight excluding hydrogens is 713 g/mol. The number of halogens is 4. The van der Waals surface area contributed by atoms with Crippen LogP contribution in [0.15, 0.2) is 72.8 Å². The Kier molecular flexibility index (Phi) is 9.85. The number of aromatic nitrogens is 3. The molecular formula is C37H36ClF3N8O4. The Bertz CT molecular complexity index is 1980. The lowest BCUT2D eigenvalue weighted by Crippen LogP contribution is -2.43. The van der Waals surface area contributed by atoms with Crippen LogP contribution in [0.2, 0.25) is 5.02 Å². The van der Waals surface area contributed by atoms with Crippen molar-refractivity contribution in [1.29, 1.82) is 0 Å². The summed E-state index contributed by atoms with van der Waals surface area (Å²) >= 11 is 6.05. The van der Waals surface area contributed by atoms with Gasteiger partial charge >= 0.3 is 24.0 Å². The van der Waals surface area contributed by atoms with Gasteiger partial charge in [0, 0.05) is 60.8 Å². The Hall–Kier alpha value is -5.44. The van der Waals surface area contributed by atoms with E-state index in [0.717, 1.165) is 29.5 Å². The third-order valence-corrected chi connectivity index (χ3v) is 9.95. The molecule has 16 heteroatoms. The zero-order valence-corrected chi connectivity index (χ0v) is 29.4. The van der Waals surface area contributed by atoms with E-state index in [4.69, 9.17) is 16.3 Å². The van der Waals surface area contributed by atoms with Crippen molar-refractivity contribution in [3.63, 3.8) is 0 Å². The van der Waals surface area contributed by atoms with Crippen molar-refractivity contribution >= 4 is 46.9 Å². The van der Waals surface area contributed by atoms with Gasteiger partial charge in [0.25, 0.3) is 5.91 Å². The maximum Gasteiger partial charge on any atom is 0.422 e. The van der Waals surface area contributed by atoms with Gasteiger partial charge in [0.1, 0.15) is 0 Å². The normalized spacial score (nSPS) is 18.7. The van der Waals surface area contributed by atoms with Gasteiger partial charge in [-0.25, -0.2) is 0 Å². The van der Waals surface area contributed by atoms with Crippen LogP contribution >= 0.6 is 11.6 Å². The van der Waals surface area contributed by atoms with Gasteiger partial charge in [-0.05, 0) is 67.3 Å². The fraction of sp³-hybridized carbons (Fsp3) is 0.351. The molecule has 1 aromatic heterocycles. The number of rotatable bonds is 10. The molecule has 0 bridgehead atoms. The lowest BCUT2D eigenvalue weighted by atomic mass is 10.0. The number of nitrogens with zero attached hydrogens (tertiary/aromatic N) is 5. The lowest BCUT2D eigenvalue weighted by Gasteiger charge is -2.22. The number of hydrogen-bond acceptors (Lipinski definition) is 9. The summed E-state index contributed by atoms with van der Waals surface area (Å²) in [6.45, 7) is 2.36. The molecule has 3 N–H and O–H groups in total. The topological polar surface area (TPSA) is 142 Å². The SMILES string of the molecule is Cc1ccc(CNC(=O)C(=O)N2CC3CN(C(=O)c4ccc(Nc5nc(NC6(c7ccc(Cl)cc7)CC6)nc(OCC(F)(F)F)n5)cc4)CC3C2)cc1. The second-order valence-electron chi connectivity index (χ2n) is 13.7. The maximum atomic E-state index is 13.4. The number of aryl methyl sites for hydroxylation is 1. The van der Waals surface area contributed by atoms with Crippen molar-refractivity contribution < 1.29 is 32.3 Å². The average Bonchev–Trinajstić information content (AvgIpc) is 3.63. The standard InChI is InChI=1S/C37H36ClF3N8O4/c1-22-2-4-23(5-3-22)16-42-30(50)32(52)49-19-25-17-48(18-26(25)20-49)31(51)24-6-12-29(13-7-24)43-33-44-34(46-35(45-33)53-21-37(39,40)41)47-36(14-15-36)27-8-10-28(38)11-9-27/h2-13,25-26H,14-21H2,1H3,(H,42,50)(H2,43,44,45,46,47). The van der Waals surface area contributed by atoms with Crippen LogP contribution in [0.25, 0.3) is 0 Å². The van der Waals surface area contributed by atoms with Crippen LogP contribution in [0.1, 0.15) is 39.9 Å². The summed E-state index contributed by atoms with van der Waals surface area (Å²) in [6.07, 6.45) is -3.10. The van der Waals surface area contributed by atoms with Crippen molar-refractivity contribution in [3.8, 4) is 6.01 Å². The predicted molar refractivity (Wildman–Crippen MR) is 190 cm³/mol. The lowest BCUT2D eigenvalue weighted by molar-refractivity contribution is -0.154. The smallest absolute Gasteiger partial charge is 0.422 e. The summed E-state index contributed by atoms with van der Waals surface area (Å²) in [5.74, 6) is -1.30. The number of alkyl halides is 3. The van der Waals surface area contributed by atoms with E-state index in [1.807, 2.05) is 43.3 Å². The molecule has 1 saturated carbocycles. The minimum absolute atomic E-state index is 0.0293. The summed E-state index contributed by atoms with van der Waals surface area (Å²) < 4.78 is 43.8. The first kappa shape index (κ1) is 35.9. The molecule has 276 valence electrons. The van der Waals surface area contributed by atoms with Gasteiger partial charge in [-0.2, -0.15) is 28.1 Å². The van der Waals surface area contributed by atoms with Crippen LogP contribution in [-0.4, -0.2) is 81.4 Å². The summed E-state index contributed by atoms with van der Waals surface area (Å²) in [5, 5.41) is 9.48. The highest BCUT2D eigenvalue weighted by molar-refractivity contribution is 6.35. The molecule has 3 amide bonds. The van der Waals surface area contributed by atoms with Crippen molar-refractivity contribution in [2.45, 2.75) is 38.0 Å². The monoisotopic (exact) mass is 748 g/mol. The van der Waals surface area contributed by atoms with Gasteiger partial charge < -0.3 is 30.5 Å². The fourth-order valence-electron chi connectivity index (χ4n) is 6.71. The number of hydrogen-bond donors (Lipinski definition) is 3. The maximum absolute atomic E-state index is 13.4. The molecule has 2 atom stereocenters. The molecule has 3 aromatic carbocycles. The minimum Gasteiger partial charge on any atom is -0.454 e. The highest BCUT2D eigenvalue weighted by Gasteiger charge is 2.46. The largest absolute Gasteiger partial charge is 0.454 e. The van der Waals surface area contributed by atoms with Crippen LogP contribution < -0.4 is 20.7 Å². The molecule has 2 aliphatic heterocycles. The highest BCUT2D eigenvalue weighted by atomic mass is 35.5. The van der Waals surface area contributed by atoms with Gasteiger partial charge in [0.05, 0.1) is 5.54 Å². The van der Waals surface area contributed by atoms with Gasteiger partial charge in [-0.3, -0.25) is 14.4 Å². The van der Waals surface area contributed by atoms with E-state index in [1.54, 1.807) is 46.2 Å². The minimum atomic E-state index is -4.60. The van der Waals surface area contributed by atoms with E-state index < -0.39 is 36.1 Å². The zero-order valence-electron chi connectivity index (χ0n) is 28.6. The number of amides is 3. The molecule has 0 spiro atoms. The van der Waals surface area contributed by atoms with Crippen LogP contribution in [-0.2, 0) is 21.7 Å². The Morgan fingerprint density at radius 2 is 1.47 bits per heavy atom. The molecule has 1 aliphatic carbocycles. The fourth-order valence-corrected chi connectivity index (χ4v) is 6.84. The molecule has 53 heavy (non-hydrogen) atoms. The van der Waals surface area contributed by atoms with E-state index in [-0.39, 0.29) is 36.2 Å². The van der Waals surface area contributed by atoms with E-state index in [0.29, 0.717) is 42.5 Å². The van der Waals surface area contributed by atoms with Crippen molar-refractivity contribution in [2.75, 3.05) is 43.4 Å². The van der Waals surface area contributed by atoms with Crippen LogP contribution in [0, 0.1) is 18.8 Å². The Balaban J connectivity index is 0.954. The van der Waals surface area contributed by atoms with E-state index >= 15 is 0 Å². The van der Waals surface area contributed by atoms with Crippen molar-refractivity contribution in [2.24, 2.45) is 11.8 Å². The number of anilines is 3. The van der Waals surface area contributed by atoms with E-state index in [2.05, 4.69) is 30.9 Å². The summed E-state index contributed by atoms with van der Waals surface area (Å²) in [5.41, 5.74) is 3.35. The quantitative estimate of drug-likeness (QED) is 0.180. The van der Waals surface area contributed by atoms with E-state index in [9.17, 15) is 27.6 Å². The molecule has 3 heterocycles. The first-order valence-corrected chi connectivity index (χ1v) is 17.5. The third-order valence-electron chi connectivity index (χ3n) is 9.69. The van der Waals surface area contributed by atoms with Crippen LogP contribution in [0.4, 0.5) is 30.8 Å². The van der Waals surface area contributed by atoms with Gasteiger partial charge in [0.2, 0.25) is 11.9 Å². The summed E-state index contributed by atoms with van der Waals surface area (Å²) in [7, 11) is 0. The summed E-state index contributed by atoms with van der Waals surface area (Å²) in [6, 6.07) is 21.0. The number of carbonyl (C=O) groups excluding carboxylic acids is 3. The molecule has 0 radical (unpaired) electrons. The number of likely N-dealkylation sites (tertiary alicyclic amines) is 2. The Morgan fingerprint density at radius 1 is 0.849 bits per heavy atom. The van der Waals surface area contributed by atoms with Crippen LogP contribution in [0.5, 0.6) is 6.01 Å². The first-order chi connectivity index (χ1) is 25.3. The molecule has 2 saturated heterocycles. The second kappa shape index (κ2) is 14.5. The van der Waals surface area contributed by atoms with Crippen LogP contribution in [0.3, 0.4) is 0 Å². The number of carbonyl (C=O) groups is 3. The van der Waals surface area contributed by atoms with Crippen molar-refractivity contribution in [3.05, 3.63) is 100 Å². The number of fused-ring (bicyclic) bond motifs is 1. The average molecular weight is 749 g/mol.